The largest absolute Gasteiger partial charge is 0.497 e. The van der Waals surface area contributed by atoms with Gasteiger partial charge in [0, 0.05) is 54.5 Å². The van der Waals surface area contributed by atoms with Gasteiger partial charge >= 0.3 is 0 Å². The van der Waals surface area contributed by atoms with E-state index in [1.807, 2.05) is 0 Å². The van der Waals surface area contributed by atoms with Crippen LogP contribution >= 0.6 is 0 Å². The number of furan rings is 1. The van der Waals surface area contributed by atoms with Crippen LogP contribution in [0.1, 0.15) is 5.56 Å². The van der Waals surface area contributed by atoms with Gasteiger partial charge in [0.2, 0.25) is 0 Å². The van der Waals surface area contributed by atoms with Crippen molar-refractivity contribution in [3.8, 4) is 39.4 Å². The van der Waals surface area contributed by atoms with Gasteiger partial charge in [-0.25, -0.2) is 0 Å². The van der Waals surface area contributed by atoms with Crippen molar-refractivity contribution in [2.75, 3.05) is 7.11 Å². The number of ether oxygens (including phenoxy) is 1. The van der Waals surface area contributed by atoms with Gasteiger partial charge in [0.25, 0.3) is 0 Å². The molecule has 13 aromatic rings. The molecule has 0 saturated heterocycles. The molecule has 0 N–H and O–H groups in total. The van der Waals surface area contributed by atoms with Crippen molar-refractivity contribution < 1.29 is 9.15 Å². The van der Waals surface area contributed by atoms with Crippen LogP contribution < -0.4 is 4.74 Å². The summed E-state index contributed by atoms with van der Waals surface area (Å²) in [5, 5.41) is 11.4. The van der Waals surface area contributed by atoms with Crippen molar-refractivity contribution in [2.24, 2.45) is 0 Å². The number of hydrogen-bond acceptors (Lipinski definition) is 2. The quantitative estimate of drug-likeness (QED) is 0.174. The van der Waals surface area contributed by atoms with Gasteiger partial charge in [0.05, 0.1) is 29.2 Å². The first-order valence-electron chi connectivity index (χ1n) is 21.2. The molecule has 0 radical (unpaired) electrons. The molecular weight excluding hydrogens is 757 g/mol. The van der Waals surface area contributed by atoms with Gasteiger partial charge in [-0.15, -0.1) is 0 Å². The molecule has 0 fully saturated rings. The highest BCUT2D eigenvalue weighted by molar-refractivity contribution is 6.29. The lowest BCUT2D eigenvalue weighted by Crippen LogP contribution is -1.93. The summed E-state index contributed by atoms with van der Waals surface area (Å²) >= 11 is 0. The highest BCUT2D eigenvalue weighted by Gasteiger charge is 2.23. The number of nitrogens with zero attached hydrogens (tertiary/aromatic N) is 2. The van der Waals surface area contributed by atoms with Crippen LogP contribution in [-0.4, -0.2) is 16.2 Å². The highest BCUT2D eigenvalue weighted by atomic mass is 16.5. The summed E-state index contributed by atoms with van der Waals surface area (Å²) in [5.74, 6) is 0.827. The molecule has 4 heteroatoms. The zero-order chi connectivity index (χ0) is 41.1. The highest BCUT2D eigenvalue weighted by Crippen LogP contribution is 2.48. The van der Waals surface area contributed by atoms with E-state index in [0.717, 1.165) is 82.8 Å². The minimum Gasteiger partial charge on any atom is -0.497 e. The van der Waals surface area contributed by atoms with Crippen LogP contribution in [0.3, 0.4) is 0 Å². The Morgan fingerprint density at radius 3 is 1.24 bits per heavy atom. The van der Waals surface area contributed by atoms with Crippen molar-refractivity contribution in [3.63, 3.8) is 0 Å². The topological polar surface area (TPSA) is 32.2 Å². The second-order valence-electron chi connectivity index (χ2n) is 16.5. The molecule has 0 unspecified atom stereocenters. The summed E-state index contributed by atoms with van der Waals surface area (Å²) < 4.78 is 17.8. The van der Waals surface area contributed by atoms with Crippen LogP contribution in [-0.2, 0) is 0 Å². The van der Waals surface area contributed by atoms with Crippen LogP contribution in [0.2, 0.25) is 0 Å². The van der Waals surface area contributed by atoms with E-state index in [9.17, 15) is 0 Å². The number of hydrogen-bond donors (Lipinski definition) is 0. The van der Waals surface area contributed by atoms with E-state index in [0.29, 0.717) is 0 Å². The molecule has 0 aliphatic heterocycles. The first kappa shape index (κ1) is 34.8. The Morgan fingerprint density at radius 2 is 0.774 bits per heavy atom. The van der Waals surface area contributed by atoms with E-state index >= 15 is 0 Å². The van der Waals surface area contributed by atoms with Gasteiger partial charge in [0.1, 0.15) is 16.9 Å². The Kier molecular flexibility index (Phi) is 7.40. The smallest absolute Gasteiger partial charge is 0.143 e. The van der Waals surface area contributed by atoms with Crippen molar-refractivity contribution in [3.05, 3.63) is 200 Å². The van der Waals surface area contributed by atoms with Gasteiger partial charge in [-0.1, -0.05) is 115 Å². The van der Waals surface area contributed by atoms with E-state index in [1.54, 1.807) is 7.11 Å². The minimum atomic E-state index is 0.827. The molecule has 3 aromatic heterocycles. The predicted octanol–water partition coefficient (Wildman–Crippen LogP) is 15.7. The number of fused-ring (bicyclic) bond motifs is 13. The first-order valence-corrected chi connectivity index (χ1v) is 21.2. The van der Waals surface area contributed by atoms with Gasteiger partial charge in [-0.05, 0) is 125 Å². The Hall–Kier alpha value is -8.08. The SMILES string of the molecule is COc1ccc(-c2cc3c4cc(-c5ccc(C)cc5)c5cc6c(cc5c4oc3c3cc4c5ccccc5n(-c5ccccc5)c4cc23)c2ccccc2n6-c2ccccc2)cc1. The van der Waals surface area contributed by atoms with E-state index in [2.05, 4.69) is 210 Å². The summed E-state index contributed by atoms with van der Waals surface area (Å²) in [5.41, 5.74) is 14.5. The lowest BCUT2D eigenvalue weighted by Gasteiger charge is -2.12. The van der Waals surface area contributed by atoms with Crippen LogP contribution in [0.5, 0.6) is 5.75 Å². The van der Waals surface area contributed by atoms with Gasteiger partial charge in [-0.3, -0.25) is 0 Å². The normalized spacial score (nSPS) is 12.0. The van der Waals surface area contributed by atoms with Crippen LogP contribution in [0.4, 0.5) is 0 Å². The van der Waals surface area contributed by atoms with Gasteiger partial charge in [0.15, 0.2) is 0 Å². The Labute approximate surface area is 357 Å². The maximum atomic E-state index is 7.39. The summed E-state index contributed by atoms with van der Waals surface area (Å²) in [4.78, 5) is 0. The first-order chi connectivity index (χ1) is 30.6. The monoisotopic (exact) mass is 794 g/mol. The van der Waals surface area contributed by atoms with Crippen LogP contribution in [0.15, 0.2) is 199 Å². The second kappa shape index (κ2) is 13.2. The van der Waals surface area contributed by atoms with Crippen molar-refractivity contribution in [2.45, 2.75) is 6.92 Å². The molecule has 0 aliphatic carbocycles. The van der Waals surface area contributed by atoms with Crippen LogP contribution in [0.25, 0.3) is 121 Å². The molecule has 13 rings (SSSR count). The maximum Gasteiger partial charge on any atom is 0.143 e. The standard InChI is InChI=1S/C58H38N2O2/c1-35-21-23-36(24-22-35)43-29-51-52-30-44(37-25-27-40(61-2)28-26-37)46-34-56-48(42-18-10-12-20-54(42)60(56)39-15-7-4-8-16-39)32-50(46)58(52)62-57(51)49-31-47-41-17-9-11-19-53(41)59(55(47)33-45(43)49)38-13-5-3-6-14-38/h3-34H,1-2H3. The molecule has 0 bridgehead atoms. The summed E-state index contributed by atoms with van der Waals surface area (Å²) in [7, 11) is 1.72. The molecule has 0 spiro atoms. The number of aromatic nitrogens is 2. The molecule has 0 atom stereocenters. The Bertz CT molecular complexity index is 3930. The molecule has 10 aromatic carbocycles. The number of aryl methyl sites for hydroxylation is 1. The molecule has 0 aliphatic rings. The average Bonchev–Trinajstić information content (AvgIpc) is 3.98. The summed E-state index contributed by atoms with van der Waals surface area (Å²) in [6.45, 7) is 2.15. The zero-order valence-corrected chi connectivity index (χ0v) is 34.2. The van der Waals surface area contributed by atoms with Gasteiger partial charge in [-0.2, -0.15) is 0 Å². The minimum absolute atomic E-state index is 0.827. The maximum absolute atomic E-state index is 7.39. The summed E-state index contributed by atoms with van der Waals surface area (Å²) in [6.07, 6.45) is 0. The van der Waals surface area contributed by atoms with Crippen molar-refractivity contribution in [1.29, 1.82) is 0 Å². The molecule has 292 valence electrons. The number of para-hydroxylation sites is 4. The lowest BCUT2D eigenvalue weighted by atomic mass is 9.91. The van der Waals surface area contributed by atoms with E-state index in [1.165, 1.54) is 49.3 Å². The fraction of sp³-hybridized carbons (Fsp3) is 0.0345. The third-order valence-corrected chi connectivity index (χ3v) is 13.0. The zero-order valence-electron chi connectivity index (χ0n) is 34.2. The van der Waals surface area contributed by atoms with Crippen LogP contribution in [0, 0.1) is 6.92 Å². The molecule has 4 nitrogen and oxygen atoms in total. The third kappa shape index (κ3) is 5.01. The average molecular weight is 795 g/mol. The predicted molar refractivity (Wildman–Crippen MR) is 260 cm³/mol. The molecule has 62 heavy (non-hydrogen) atoms. The van der Waals surface area contributed by atoms with E-state index in [4.69, 9.17) is 9.15 Å². The molecular formula is C58H38N2O2. The van der Waals surface area contributed by atoms with Crippen molar-refractivity contribution >= 4 is 87.1 Å². The molecule has 3 heterocycles. The van der Waals surface area contributed by atoms with E-state index < -0.39 is 0 Å². The Balaban J connectivity index is 1.21. The number of methoxy groups -OCH3 is 1. The van der Waals surface area contributed by atoms with Gasteiger partial charge < -0.3 is 18.3 Å². The molecule has 0 amide bonds. The lowest BCUT2D eigenvalue weighted by molar-refractivity contribution is 0.415. The molecule has 0 saturated carbocycles. The van der Waals surface area contributed by atoms with E-state index in [-0.39, 0.29) is 0 Å². The number of benzene rings is 10. The summed E-state index contributed by atoms with van der Waals surface area (Å²) in [6, 6.07) is 70.5. The second-order valence-corrected chi connectivity index (χ2v) is 16.5. The fourth-order valence-corrected chi connectivity index (χ4v) is 10.1. The Morgan fingerprint density at radius 1 is 0.355 bits per heavy atom. The fourth-order valence-electron chi connectivity index (χ4n) is 10.1. The third-order valence-electron chi connectivity index (χ3n) is 13.0. The number of rotatable bonds is 5. The van der Waals surface area contributed by atoms with Crippen molar-refractivity contribution in [1.82, 2.24) is 9.13 Å².